The molecule has 0 aliphatic heterocycles. The predicted octanol–water partition coefficient (Wildman–Crippen LogP) is 5.38. The fourth-order valence-corrected chi connectivity index (χ4v) is 2.63. The third-order valence-corrected chi connectivity index (χ3v) is 4.04. The van der Waals surface area contributed by atoms with E-state index in [-0.39, 0.29) is 17.0 Å². The first kappa shape index (κ1) is 20.4. The van der Waals surface area contributed by atoms with Crippen molar-refractivity contribution in [2.24, 2.45) is 0 Å². The smallest absolute Gasteiger partial charge is 0.416 e. The maximum absolute atomic E-state index is 12.8. The molecule has 3 rings (SSSR count). The fraction of sp³-hybridized carbons (Fsp3) is 0.0455. The van der Waals surface area contributed by atoms with E-state index in [1.165, 1.54) is 18.2 Å². The second-order valence-electron chi connectivity index (χ2n) is 6.06. The second kappa shape index (κ2) is 8.38. The van der Waals surface area contributed by atoms with Gasteiger partial charge in [-0.1, -0.05) is 18.2 Å². The summed E-state index contributed by atoms with van der Waals surface area (Å²) < 4.78 is 44.0. The van der Waals surface area contributed by atoms with Crippen molar-refractivity contribution in [3.8, 4) is 23.5 Å². The molecule has 148 valence electrons. The van der Waals surface area contributed by atoms with E-state index in [9.17, 15) is 28.5 Å². The molecule has 0 saturated carbocycles. The molecule has 1 aromatic heterocycles. The molecular weight excluding hydrogens is 395 g/mol. The number of hydrogen-bond donors (Lipinski definition) is 1. The van der Waals surface area contributed by atoms with Crippen molar-refractivity contribution in [3.63, 3.8) is 0 Å². The Kier molecular flexibility index (Phi) is 5.70. The molecule has 0 fully saturated rings. The molecule has 0 bridgehead atoms. The van der Waals surface area contributed by atoms with E-state index in [4.69, 9.17) is 4.42 Å². The van der Waals surface area contributed by atoms with Crippen molar-refractivity contribution in [2.75, 3.05) is 5.32 Å². The number of anilines is 1. The van der Waals surface area contributed by atoms with E-state index in [2.05, 4.69) is 5.32 Å². The van der Waals surface area contributed by atoms with Gasteiger partial charge in [-0.25, -0.2) is 0 Å². The van der Waals surface area contributed by atoms with E-state index in [0.29, 0.717) is 16.9 Å². The highest BCUT2D eigenvalue weighted by Crippen LogP contribution is 2.31. The van der Waals surface area contributed by atoms with E-state index in [1.54, 1.807) is 36.4 Å². The summed E-state index contributed by atoms with van der Waals surface area (Å²) in [4.78, 5) is 12.3. The minimum Gasteiger partial charge on any atom is -0.457 e. The highest BCUT2D eigenvalue weighted by Gasteiger charge is 2.30. The Morgan fingerprint density at radius 3 is 2.50 bits per heavy atom. The number of benzene rings is 2. The van der Waals surface area contributed by atoms with Crippen molar-refractivity contribution < 1.29 is 22.4 Å². The number of amides is 1. The summed E-state index contributed by atoms with van der Waals surface area (Å²) in [6, 6.07) is 17.7. The normalized spacial score (nSPS) is 11.4. The lowest BCUT2D eigenvalue weighted by Gasteiger charge is -2.09. The lowest BCUT2D eigenvalue weighted by atomic mass is 10.1. The van der Waals surface area contributed by atoms with Gasteiger partial charge in [0.05, 0.1) is 17.2 Å². The number of rotatable bonds is 4. The Morgan fingerprint density at radius 2 is 1.80 bits per heavy atom. The van der Waals surface area contributed by atoms with Gasteiger partial charge in [0.15, 0.2) is 0 Å². The van der Waals surface area contributed by atoms with Gasteiger partial charge in [-0.05, 0) is 42.5 Å². The summed E-state index contributed by atoms with van der Waals surface area (Å²) in [5, 5.41) is 20.7. The Hall–Kier alpha value is -4.30. The highest BCUT2D eigenvalue weighted by molar-refractivity contribution is 6.09. The third-order valence-electron chi connectivity index (χ3n) is 4.04. The number of halogens is 3. The maximum Gasteiger partial charge on any atom is 0.416 e. The lowest BCUT2D eigenvalue weighted by Crippen LogP contribution is -2.14. The number of nitrogens with one attached hydrogen (secondary N) is 1. The Balaban J connectivity index is 1.83. The number of hydrogen-bond acceptors (Lipinski definition) is 4. The van der Waals surface area contributed by atoms with Crippen LogP contribution in [0.25, 0.3) is 17.4 Å². The molecule has 0 unspecified atom stereocenters. The zero-order chi connectivity index (χ0) is 21.7. The summed E-state index contributed by atoms with van der Waals surface area (Å²) in [7, 11) is 0. The van der Waals surface area contributed by atoms with Crippen LogP contribution in [0.2, 0.25) is 0 Å². The molecule has 8 heteroatoms. The molecule has 0 saturated heterocycles. The summed E-state index contributed by atoms with van der Waals surface area (Å²) in [5.41, 5.74) is -0.438. The van der Waals surface area contributed by atoms with Crippen LogP contribution in [0.15, 0.2) is 70.7 Å². The quantitative estimate of drug-likeness (QED) is 0.464. The Labute approximate surface area is 169 Å². The molecule has 1 heterocycles. The molecular formula is C22H12F3N3O2. The van der Waals surface area contributed by atoms with Gasteiger partial charge in [0.2, 0.25) is 0 Å². The van der Waals surface area contributed by atoms with E-state index < -0.39 is 17.6 Å². The highest BCUT2D eigenvalue weighted by atomic mass is 19.4. The van der Waals surface area contributed by atoms with Crippen LogP contribution >= 0.6 is 0 Å². The van der Waals surface area contributed by atoms with Crippen molar-refractivity contribution in [1.29, 1.82) is 10.5 Å². The molecule has 1 N–H and O–H groups in total. The van der Waals surface area contributed by atoms with Crippen molar-refractivity contribution in [3.05, 3.63) is 83.1 Å². The number of carbonyl (C=O) groups excluding carboxylic acids is 1. The Bertz CT molecular complexity index is 1210. The van der Waals surface area contributed by atoms with Gasteiger partial charge >= 0.3 is 6.18 Å². The van der Waals surface area contributed by atoms with Gasteiger partial charge in [-0.15, -0.1) is 0 Å². The molecule has 2 aromatic carbocycles. The number of carbonyl (C=O) groups is 1. The molecule has 1 amide bonds. The molecule has 0 spiro atoms. The SMILES string of the molecule is N#C/C(=C/c1ccc(-c2ccccc2C#N)o1)C(=O)Nc1cccc(C(F)(F)F)c1. The van der Waals surface area contributed by atoms with Crippen LogP contribution in [0.3, 0.4) is 0 Å². The predicted molar refractivity (Wildman–Crippen MR) is 103 cm³/mol. The lowest BCUT2D eigenvalue weighted by molar-refractivity contribution is -0.137. The largest absolute Gasteiger partial charge is 0.457 e. The maximum atomic E-state index is 12.8. The van der Waals surface area contributed by atoms with E-state index in [1.807, 2.05) is 6.07 Å². The first-order valence-corrected chi connectivity index (χ1v) is 8.51. The second-order valence-corrected chi connectivity index (χ2v) is 6.06. The van der Waals surface area contributed by atoms with Crippen LogP contribution in [0.4, 0.5) is 18.9 Å². The molecule has 30 heavy (non-hydrogen) atoms. The van der Waals surface area contributed by atoms with Gasteiger partial charge in [0, 0.05) is 17.3 Å². The number of alkyl halides is 3. The van der Waals surface area contributed by atoms with Gasteiger partial charge in [0.25, 0.3) is 5.91 Å². The first-order chi connectivity index (χ1) is 14.3. The number of furan rings is 1. The molecule has 5 nitrogen and oxygen atoms in total. The van der Waals surface area contributed by atoms with Gasteiger partial charge < -0.3 is 9.73 Å². The molecule has 0 aliphatic rings. The minimum atomic E-state index is -4.56. The van der Waals surface area contributed by atoms with Crippen molar-refractivity contribution in [1.82, 2.24) is 0 Å². The average Bonchev–Trinajstić information content (AvgIpc) is 3.20. The Morgan fingerprint density at radius 1 is 1.03 bits per heavy atom. The van der Waals surface area contributed by atoms with Crippen LogP contribution in [0, 0.1) is 22.7 Å². The monoisotopic (exact) mass is 407 g/mol. The van der Waals surface area contributed by atoms with E-state index in [0.717, 1.165) is 18.2 Å². The first-order valence-electron chi connectivity index (χ1n) is 8.51. The van der Waals surface area contributed by atoms with Crippen LogP contribution in [-0.4, -0.2) is 5.91 Å². The summed E-state index contributed by atoms with van der Waals surface area (Å²) in [6.07, 6.45) is -3.39. The summed E-state index contributed by atoms with van der Waals surface area (Å²) in [6.45, 7) is 0. The molecule has 0 aliphatic carbocycles. The standard InChI is InChI=1S/C22H12F3N3O2/c23-22(24,25)16-5-3-6-17(11-16)28-21(29)15(13-27)10-18-8-9-20(30-18)19-7-2-1-4-14(19)12-26/h1-11H,(H,28,29)/b15-10-. The van der Waals surface area contributed by atoms with Crippen LogP contribution in [0.1, 0.15) is 16.9 Å². The van der Waals surface area contributed by atoms with Crippen molar-refractivity contribution >= 4 is 17.7 Å². The third kappa shape index (κ3) is 4.57. The molecule has 0 atom stereocenters. The summed E-state index contributed by atoms with van der Waals surface area (Å²) >= 11 is 0. The zero-order valence-corrected chi connectivity index (χ0v) is 15.2. The van der Waals surface area contributed by atoms with Gasteiger partial charge in [0.1, 0.15) is 23.2 Å². The van der Waals surface area contributed by atoms with Gasteiger partial charge in [-0.3, -0.25) is 4.79 Å². The van der Waals surface area contributed by atoms with Crippen LogP contribution in [-0.2, 0) is 11.0 Å². The van der Waals surface area contributed by atoms with Crippen molar-refractivity contribution in [2.45, 2.75) is 6.18 Å². The van der Waals surface area contributed by atoms with Gasteiger partial charge in [-0.2, -0.15) is 23.7 Å². The minimum absolute atomic E-state index is 0.0981. The average molecular weight is 407 g/mol. The molecule has 3 aromatic rings. The van der Waals surface area contributed by atoms with Crippen LogP contribution < -0.4 is 5.32 Å². The fourth-order valence-electron chi connectivity index (χ4n) is 2.63. The van der Waals surface area contributed by atoms with Crippen LogP contribution in [0.5, 0.6) is 0 Å². The number of nitriles is 2. The topological polar surface area (TPSA) is 89.8 Å². The molecule has 0 radical (unpaired) electrons. The number of nitrogens with zero attached hydrogens (tertiary/aromatic N) is 2. The van der Waals surface area contributed by atoms with E-state index >= 15 is 0 Å². The zero-order valence-electron chi connectivity index (χ0n) is 15.2. The summed E-state index contributed by atoms with van der Waals surface area (Å²) in [5.74, 6) is -0.338.